The normalized spacial score (nSPS) is 9.69. The van der Waals surface area contributed by atoms with Gasteiger partial charge >= 0.3 is 5.69 Å². The van der Waals surface area contributed by atoms with Gasteiger partial charge in [-0.1, -0.05) is 0 Å². The van der Waals surface area contributed by atoms with Crippen LogP contribution in [0.4, 0.5) is 5.69 Å². The van der Waals surface area contributed by atoms with E-state index in [4.69, 9.17) is 4.74 Å². The lowest BCUT2D eigenvalue weighted by Gasteiger charge is -2.05. The van der Waals surface area contributed by atoms with Gasteiger partial charge in [0.25, 0.3) is 0 Å². The highest BCUT2D eigenvalue weighted by Crippen LogP contribution is 2.37. The third kappa shape index (κ3) is 1.53. The quantitative estimate of drug-likeness (QED) is 0.558. The molecule has 0 unspecified atom stereocenters. The maximum Gasteiger partial charge on any atom is 0.317 e. The molecule has 70 valence electrons. The number of rotatable bonds is 2. The number of hydrogen-bond acceptors (Lipinski definition) is 4. The van der Waals surface area contributed by atoms with Crippen LogP contribution in [0.2, 0.25) is 0 Å². The summed E-state index contributed by atoms with van der Waals surface area (Å²) in [4.78, 5) is 9.99. The van der Waals surface area contributed by atoms with E-state index < -0.39 is 4.92 Å². The summed E-state index contributed by atoms with van der Waals surface area (Å²) < 4.78 is 4.73. The smallest absolute Gasteiger partial charge is 0.317 e. The lowest BCUT2D eigenvalue weighted by molar-refractivity contribution is -0.386. The molecule has 0 fully saturated rings. The van der Waals surface area contributed by atoms with E-state index in [2.05, 4.69) is 0 Å². The fourth-order valence-electron chi connectivity index (χ4n) is 1.09. The number of nitro groups is 1. The highest BCUT2D eigenvalue weighted by molar-refractivity contribution is 5.59. The van der Waals surface area contributed by atoms with Crippen LogP contribution in [0.25, 0.3) is 0 Å². The second-order valence-electron chi connectivity index (χ2n) is 2.54. The second kappa shape index (κ2) is 3.30. The number of nitro benzene ring substituents is 1. The predicted octanol–water partition coefficient (Wildman–Crippen LogP) is 1.62. The molecule has 5 nitrogen and oxygen atoms in total. The van der Waals surface area contributed by atoms with Gasteiger partial charge in [0.05, 0.1) is 12.0 Å². The first kappa shape index (κ1) is 9.31. The summed E-state index contributed by atoms with van der Waals surface area (Å²) in [5, 5.41) is 19.8. The fourth-order valence-corrected chi connectivity index (χ4v) is 1.09. The van der Waals surface area contributed by atoms with Crippen molar-refractivity contribution in [1.82, 2.24) is 0 Å². The molecule has 0 aliphatic carbocycles. The van der Waals surface area contributed by atoms with Crippen molar-refractivity contribution in [2.75, 3.05) is 7.11 Å². The molecule has 0 bridgehead atoms. The lowest BCUT2D eigenvalue weighted by Crippen LogP contribution is -1.96. The Morgan fingerprint density at radius 2 is 2.15 bits per heavy atom. The van der Waals surface area contributed by atoms with E-state index in [-0.39, 0.29) is 17.2 Å². The highest BCUT2D eigenvalue weighted by atomic mass is 16.6. The molecule has 0 heterocycles. The van der Waals surface area contributed by atoms with E-state index in [1.54, 1.807) is 6.92 Å². The Morgan fingerprint density at radius 1 is 1.54 bits per heavy atom. The van der Waals surface area contributed by atoms with Gasteiger partial charge in [-0.2, -0.15) is 0 Å². The van der Waals surface area contributed by atoms with Crippen molar-refractivity contribution in [3.8, 4) is 11.5 Å². The molecule has 1 rings (SSSR count). The molecule has 0 aliphatic rings. The Kier molecular flexibility index (Phi) is 2.36. The van der Waals surface area contributed by atoms with E-state index in [9.17, 15) is 15.2 Å². The second-order valence-corrected chi connectivity index (χ2v) is 2.54. The Hall–Kier alpha value is -1.78. The molecule has 0 spiro atoms. The maximum absolute atomic E-state index is 10.6. The van der Waals surface area contributed by atoms with Crippen molar-refractivity contribution in [3.05, 3.63) is 27.8 Å². The minimum Gasteiger partial charge on any atom is -0.504 e. The number of phenolic OH excluding ortho intramolecular Hbond substituents is 1. The van der Waals surface area contributed by atoms with Crippen LogP contribution >= 0.6 is 0 Å². The molecule has 0 amide bonds. The standard InChI is InChI=1S/C8H9NO4/c1-5-3-4-6(10)8(13-2)7(5)9(11)12/h3-4,10H,1-2H3. The number of aryl methyl sites for hydroxylation is 1. The Labute approximate surface area is 74.7 Å². The number of ether oxygens (including phenoxy) is 1. The van der Waals surface area contributed by atoms with Gasteiger partial charge in [0.1, 0.15) is 0 Å². The summed E-state index contributed by atoms with van der Waals surface area (Å²) in [6.45, 7) is 1.58. The van der Waals surface area contributed by atoms with Crippen LogP contribution in [0.3, 0.4) is 0 Å². The van der Waals surface area contributed by atoms with E-state index in [1.165, 1.54) is 19.2 Å². The summed E-state index contributed by atoms with van der Waals surface area (Å²) in [5.74, 6) is -0.315. The molecule has 1 aromatic carbocycles. The first-order valence-electron chi connectivity index (χ1n) is 3.59. The number of benzene rings is 1. The average Bonchev–Trinajstić information content (AvgIpc) is 2.07. The molecular weight excluding hydrogens is 174 g/mol. The molecule has 0 saturated carbocycles. The molecule has 13 heavy (non-hydrogen) atoms. The first-order valence-corrected chi connectivity index (χ1v) is 3.59. The molecule has 5 heteroatoms. The molecule has 1 N–H and O–H groups in total. The minimum absolute atomic E-state index is 0.0926. The van der Waals surface area contributed by atoms with E-state index >= 15 is 0 Å². The van der Waals surface area contributed by atoms with Crippen molar-refractivity contribution in [2.24, 2.45) is 0 Å². The molecular formula is C8H9NO4. The zero-order valence-electron chi connectivity index (χ0n) is 7.27. The zero-order valence-corrected chi connectivity index (χ0v) is 7.27. The average molecular weight is 183 g/mol. The molecule has 0 atom stereocenters. The first-order chi connectivity index (χ1) is 6.07. The van der Waals surface area contributed by atoms with Gasteiger partial charge < -0.3 is 9.84 Å². The predicted molar refractivity (Wildman–Crippen MR) is 46.1 cm³/mol. The van der Waals surface area contributed by atoms with Gasteiger partial charge in [0.2, 0.25) is 5.75 Å². The molecule has 1 aromatic rings. The minimum atomic E-state index is -0.576. The van der Waals surface area contributed by atoms with Gasteiger partial charge in [-0.3, -0.25) is 10.1 Å². The van der Waals surface area contributed by atoms with Gasteiger partial charge in [0.15, 0.2) is 5.75 Å². The summed E-state index contributed by atoms with van der Waals surface area (Å²) in [5.41, 5.74) is 0.266. The summed E-state index contributed by atoms with van der Waals surface area (Å²) in [6, 6.07) is 2.83. The van der Waals surface area contributed by atoms with Gasteiger partial charge in [-0.15, -0.1) is 0 Å². The monoisotopic (exact) mass is 183 g/mol. The lowest BCUT2D eigenvalue weighted by atomic mass is 10.2. The molecule has 0 saturated heterocycles. The van der Waals surface area contributed by atoms with Crippen LogP contribution in [0.1, 0.15) is 5.56 Å². The Balaban J connectivity index is 3.43. The number of phenols is 1. The van der Waals surface area contributed by atoms with Crippen LogP contribution in [-0.4, -0.2) is 17.1 Å². The fraction of sp³-hybridized carbons (Fsp3) is 0.250. The van der Waals surface area contributed by atoms with E-state index in [0.29, 0.717) is 5.56 Å². The third-order valence-corrected chi connectivity index (χ3v) is 1.70. The van der Waals surface area contributed by atoms with E-state index in [1.807, 2.05) is 0 Å². The Bertz CT molecular complexity index is 348. The van der Waals surface area contributed by atoms with Crippen molar-refractivity contribution in [3.63, 3.8) is 0 Å². The molecule has 0 aromatic heterocycles. The van der Waals surface area contributed by atoms with Gasteiger partial charge in [-0.05, 0) is 19.1 Å². The number of hydrogen-bond donors (Lipinski definition) is 1. The Morgan fingerprint density at radius 3 is 2.54 bits per heavy atom. The van der Waals surface area contributed by atoms with Crippen molar-refractivity contribution >= 4 is 5.69 Å². The maximum atomic E-state index is 10.6. The zero-order chi connectivity index (χ0) is 10.0. The van der Waals surface area contributed by atoms with Crippen LogP contribution in [-0.2, 0) is 0 Å². The van der Waals surface area contributed by atoms with Crippen molar-refractivity contribution in [1.29, 1.82) is 0 Å². The molecule has 0 radical (unpaired) electrons. The third-order valence-electron chi connectivity index (χ3n) is 1.70. The summed E-state index contributed by atoms with van der Waals surface area (Å²) in [6.07, 6.45) is 0. The number of nitrogens with zero attached hydrogens (tertiary/aromatic N) is 1. The topological polar surface area (TPSA) is 72.6 Å². The molecule has 0 aliphatic heterocycles. The van der Waals surface area contributed by atoms with Crippen LogP contribution in [0.5, 0.6) is 11.5 Å². The number of methoxy groups -OCH3 is 1. The summed E-state index contributed by atoms with van der Waals surface area (Å²) >= 11 is 0. The van der Waals surface area contributed by atoms with Gasteiger partial charge in [-0.25, -0.2) is 0 Å². The number of aromatic hydroxyl groups is 1. The van der Waals surface area contributed by atoms with Crippen LogP contribution in [0.15, 0.2) is 12.1 Å². The van der Waals surface area contributed by atoms with Gasteiger partial charge in [0, 0.05) is 5.56 Å². The SMILES string of the molecule is COc1c(O)ccc(C)c1[N+](=O)[O-]. The van der Waals surface area contributed by atoms with Crippen LogP contribution < -0.4 is 4.74 Å². The van der Waals surface area contributed by atoms with Crippen molar-refractivity contribution < 1.29 is 14.8 Å². The van der Waals surface area contributed by atoms with Crippen LogP contribution in [0, 0.1) is 17.0 Å². The summed E-state index contributed by atoms with van der Waals surface area (Å²) in [7, 11) is 1.28. The van der Waals surface area contributed by atoms with E-state index in [0.717, 1.165) is 0 Å². The van der Waals surface area contributed by atoms with Crippen molar-refractivity contribution in [2.45, 2.75) is 6.92 Å². The largest absolute Gasteiger partial charge is 0.504 e. The highest BCUT2D eigenvalue weighted by Gasteiger charge is 2.21.